The molecular formula is C12H16FN3O4. The van der Waals surface area contributed by atoms with Gasteiger partial charge in [0.1, 0.15) is 5.82 Å². The summed E-state index contributed by atoms with van der Waals surface area (Å²) in [7, 11) is 1.53. The highest BCUT2D eigenvalue weighted by Crippen LogP contribution is 2.15. The Morgan fingerprint density at radius 3 is 2.85 bits per heavy atom. The van der Waals surface area contributed by atoms with Gasteiger partial charge in [-0.05, 0) is 11.6 Å². The first kappa shape index (κ1) is 16.0. The van der Waals surface area contributed by atoms with E-state index in [0.717, 1.165) is 6.07 Å². The molecule has 0 bridgehead atoms. The minimum atomic E-state index is -0.680. The Bertz CT molecular complexity index is 482. The monoisotopic (exact) mass is 285 g/mol. The first-order valence-corrected chi connectivity index (χ1v) is 5.93. The predicted octanol–water partition coefficient (Wildman–Crippen LogP) is 0.586. The Kier molecular flexibility index (Phi) is 6.54. The molecule has 1 amide bonds. The highest BCUT2D eigenvalue weighted by atomic mass is 19.1. The average molecular weight is 285 g/mol. The van der Waals surface area contributed by atoms with Gasteiger partial charge < -0.3 is 15.4 Å². The van der Waals surface area contributed by atoms with Crippen LogP contribution in [0, 0.1) is 15.9 Å². The van der Waals surface area contributed by atoms with Crippen LogP contribution in [-0.4, -0.2) is 37.6 Å². The second-order valence-corrected chi connectivity index (χ2v) is 4.02. The highest BCUT2D eigenvalue weighted by molar-refractivity contribution is 5.77. The number of hydrogen-bond acceptors (Lipinski definition) is 5. The van der Waals surface area contributed by atoms with Crippen LogP contribution in [0.1, 0.15) is 5.56 Å². The summed E-state index contributed by atoms with van der Waals surface area (Å²) >= 11 is 0. The van der Waals surface area contributed by atoms with Crippen molar-refractivity contribution in [2.75, 3.05) is 26.8 Å². The third kappa shape index (κ3) is 5.72. The summed E-state index contributed by atoms with van der Waals surface area (Å²) in [6.45, 7) is 1.02. The van der Waals surface area contributed by atoms with Crippen molar-refractivity contribution in [3.8, 4) is 0 Å². The van der Waals surface area contributed by atoms with Gasteiger partial charge in [0.2, 0.25) is 5.91 Å². The molecule has 0 heterocycles. The van der Waals surface area contributed by atoms with Crippen LogP contribution in [0.2, 0.25) is 0 Å². The summed E-state index contributed by atoms with van der Waals surface area (Å²) < 4.78 is 17.9. The van der Waals surface area contributed by atoms with Gasteiger partial charge in [0.15, 0.2) is 0 Å². The molecule has 1 aromatic rings. The molecule has 0 unspecified atom stereocenters. The molecule has 0 aliphatic carbocycles. The van der Waals surface area contributed by atoms with E-state index in [1.54, 1.807) is 0 Å². The summed E-state index contributed by atoms with van der Waals surface area (Å²) in [5.74, 6) is -0.909. The second kappa shape index (κ2) is 8.18. The Hall–Kier alpha value is -2.06. The van der Waals surface area contributed by atoms with Crippen molar-refractivity contribution < 1.29 is 18.8 Å². The van der Waals surface area contributed by atoms with Crippen molar-refractivity contribution in [3.63, 3.8) is 0 Å². The van der Waals surface area contributed by atoms with Crippen molar-refractivity contribution in [1.29, 1.82) is 0 Å². The van der Waals surface area contributed by atoms with Crippen LogP contribution in [0.5, 0.6) is 0 Å². The Morgan fingerprint density at radius 1 is 1.45 bits per heavy atom. The molecule has 0 saturated heterocycles. The van der Waals surface area contributed by atoms with Gasteiger partial charge in [0.25, 0.3) is 5.69 Å². The lowest BCUT2D eigenvalue weighted by molar-refractivity contribution is -0.385. The zero-order valence-corrected chi connectivity index (χ0v) is 11.0. The number of benzene rings is 1. The number of methoxy groups -OCH3 is 1. The summed E-state index contributed by atoms with van der Waals surface area (Å²) in [5, 5.41) is 16.0. The Labute approximate surface area is 115 Å². The van der Waals surface area contributed by atoms with Gasteiger partial charge in [0.05, 0.1) is 24.1 Å². The summed E-state index contributed by atoms with van der Waals surface area (Å²) in [6, 6.07) is 3.29. The molecule has 0 aromatic heterocycles. The first-order chi connectivity index (χ1) is 9.52. The molecule has 110 valence electrons. The number of non-ortho nitro benzene ring substituents is 1. The number of halogens is 1. The van der Waals surface area contributed by atoms with Gasteiger partial charge in [-0.2, -0.15) is 0 Å². The molecule has 0 spiro atoms. The number of amides is 1. The third-order valence-electron chi connectivity index (χ3n) is 2.40. The van der Waals surface area contributed by atoms with E-state index in [9.17, 15) is 19.3 Å². The van der Waals surface area contributed by atoms with E-state index in [1.807, 2.05) is 0 Å². The molecule has 7 nitrogen and oxygen atoms in total. The molecule has 0 radical (unpaired) electrons. The standard InChI is InChI=1S/C12H16FN3O4/c1-20-3-2-15-12(17)8-14-7-9-4-10(13)6-11(5-9)16(18)19/h4-6,14H,2-3,7-8H2,1H3,(H,15,17). The summed E-state index contributed by atoms with van der Waals surface area (Å²) in [5.41, 5.74) is 0.0905. The number of carbonyl (C=O) groups is 1. The molecule has 2 N–H and O–H groups in total. The molecule has 1 aromatic carbocycles. The maximum Gasteiger partial charge on any atom is 0.272 e. The highest BCUT2D eigenvalue weighted by Gasteiger charge is 2.09. The zero-order chi connectivity index (χ0) is 15.0. The van der Waals surface area contributed by atoms with E-state index in [-0.39, 0.29) is 24.7 Å². The van der Waals surface area contributed by atoms with Crippen LogP contribution in [0.4, 0.5) is 10.1 Å². The Morgan fingerprint density at radius 2 is 2.20 bits per heavy atom. The maximum atomic E-state index is 13.2. The third-order valence-corrected chi connectivity index (χ3v) is 2.40. The predicted molar refractivity (Wildman–Crippen MR) is 69.6 cm³/mol. The van der Waals surface area contributed by atoms with Crippen molar-refractivity contribution >= 4 is 11.6 Å². The van der Waals surface area contributed by atoms with Crippen molar-refractivity contribution in [3.05, 3.63) is 39.7 Å². The molecule has 0 saturated carbocycles. The lowest BCUT2D eigenvalue weighted by atomic mass is 10.2. The van der Waals surface area contributed by atoms with Crippen LogP contribution in [0.25, 0.3) is 0 Å². The van der Waals surface area contributed by atoms with Crippen molar-refractivity contribution in [1.82, 2.24) is 10.6 Å². The lowest BCUT2D eigenvalue weighted by Gasteiger charge is -2.06. The van der Waals surface area contributed by atoms with Crippen LogP contribution in [0.3, 0.4) is 0 Å². The van der Waals surface area contributed by atoms with Crippen LogP contribution < -0.4 is 10.6 Å². The van der Waals surface area contributed by atoms with Crippen LogP contribution in [0.15, 0.2) is 18.2 Å². The van der Waals surface area contributed by atoms with Gasteiger partial charge in [0, 0.05) is 26.3 Å². The first-order valence-electron chi connectivity index (χ1n) is 5.93. The van der Waals surface area contributed by atoms with Crippen molar-refractivity contribution in [2.24, 2.45) is 0 Å². The zero-order valence-electron chi connectivity index (χ0n) is 11.0. The minimum absolute atomic E-state index is 0.0357. The van der Waals surface area contributed by atoms with Gasteiger partial charge in [-0.25, -0.2) is 4.39 Å². The van der Waals surface area contributed by atoms with Gasteiger partial charge in [-0.1, -0.05) is 0 Å². The summed E-state index contributed by atoms with van der Waals surface area (Å²) in [4.78, 5) is 21.3. The number of carbonyl (C=O) groups excluding carboxylic acids is 1. The molecule has 0 atom stereocenters. The van der Waals surface area contributed by atoms with E-state index in [1.165, 1.54) is 19.2 Å². The van der Waals surface area contributed by atoms with E-state index < -0.39 is 10.7 Å². The largest absolute Gasteiger partial charge is 0.383 e. The minimum Gasteiger partial charge on any atom is -0.383 e. The SMILES string of the molecule is COCCNC(=O)CNCc1cc(F)cc([N+](=O)[O-])c1. The number of nitro groups is 1. The number of nitrogens with zero attached hydrogens (tertiary/aromatic N) is 1. The van der Waals surface area contributed by atoms with Gasteiger partial charge >= 0.3 is 0 Å². The quantitative estimate of drug-likeness (QED) is 0.414. The van der Waals surface area contributed by atoms with Gasteiger partial charge in [-0.3, -0.25) is 14.9 Å². The normalized spacial score (nSPS) is 10.3. The van der Waals surface area contributed by atoms with E-state index in [4.69, 9.17) is 4.74 Å². The number of rotatable bonds is 8. The molecular weight excluding hydrogens is 269 g/mol. The number of nitro benzene ring substituents is 1. The molecule has 20 heavy (non-hydrogen) atoms. The fourth-order valence-corrected chi connectivity index (χ4v) is 1.52. The fraction of sp³-hybridized carbons (Fsp3) is 0.417. The molecule has 0 aliphatic heterocycles. The summed E-state index contributed by atoms with van der Waals surface area (Å²) in [6.07, 6.45) is 0. The van der Waals surface area contributed by atoms with Crippen molar-refractivity contribution in [2.45, 2.75) is 6.54 Å². The molecule has 1 rings (SSSR count). The van der Waals surface area contributed by atoms with E-state index in [2.05, 4.69) is 10.6 Å². The number of nitrogens with one attached hydrogen (secondary N) is 2. The number of hydrogen-bond donors (Lipinski definition) is 2. The van der Waals surface area contributed by atoms with E-state index in [0.29, 0.717) is 18.7 Å². The average Bonchev–Trinajstić information content (AvgIpc) is 2.38. The number of ether oxygens (including phenoxy) is 1. The molecule has 8 heteroatoms. The molecule has 0 fully saturated rings. The van der Waals surface area contributed by atoms with Crippen LogP contribution in [-0.2, 0) is 16.1 Å². The van der Waals surface area contributed by atoms with Gasteiger partial charge in [-0.15, -0.1) is 0 Å². The lowest BCUT2D eigenvalue weighted by Crippen LogP contribution is -2.35. The Balaban J connectivity index is 2.42. The maximum absolute atomic E-state index is 13.2. The molecule has 0 aliphatic rings. The van der Waals surface area contributed by atoms with Crippen LogP contribution >= 0.6 is 0 Å². The smallest absolute Gasteiger partial charge is 0.272 e. The topological polar surface area (TPSA) is 93.5 Å². The van der Waals surface area contributed by atoms with E-state index >= 15 is 0 Å². The fourth-order valence-electron chi connectivity index (χ4n) is 1.52. The second-order valence-electron chi connectivity index (χ2n) is 4.02.